The van der Waals surface area contributed by atoms with Gasteiger partial charge in [0.05, 0.1) is 0 Å². The number of nitrogens with two attached hydrogens (primary N) is 1. The molecule has 0 aromatic carbocycles. The molecule has 1 saturated heterocycles. The van der Waals surface area contributed by atoms with Crippen LogP contribution in [0, 0.1) is 5.92 Å². The Morgan fingerprint density at radius 1 is 1.62 bits per heavy atom. The molecule has 3 unspecified atom stereocenters. The molecule has 3 nitrogen and oxygen atoms in total. The smallest absolute Gasteiger partial charge is 0.224 e. The molecule has 1 aliphatic carbocycles. The summed E-state index contributed by atoms with van der Waals surface area (Å²) in [6, 6.07) is 0.636. The third kappa shape index (κ3) is 1.70. The van der Waals surface area contributed by atoms with Gasteiger partial charge in [-0.3, -0.25) is 4.79 Å². The maximum atomic E-state index is 11.5. The zero-order valence-corrected chi connectivity index (χ0v) is 8.20. The summed E-state index contributed by atoms with van der Waals surface area (Å²) in [7, 11) is 0. The van der Waals surface area contributed by atoms with Crippen molar-refractivity contribution in [2.75, 3.05) is 6.54 Å². The molecular formula is C10H18N2O. The second-order valence-corrected chi connectivity index (χ2v) is 4.36. The van der Waals surface area contributed by atoms with Crippen molar-refractivity contribution in [3.63, 3.8) is 0 Å². The lowest BCUT2D eigenvalue weighted by molar-refractivity contribution is -0.128. The van der Waals surface area contributed by atoms with Gasteiger partial charge in [-0.25, -0.2) is 0 Å². The number of hydrogen-bond donors (Lipinski definition) is 1. The molecule has 1 heterocycles. The molecular weight excluding hydrogens is 164 g/mol. The topological polar surface area (TPSA) is 46.3 Å². The molecule has 2 N–H and O–H groups in total. The van der Waals surface area contributed by atoms with Crippen molar-refractivity contribution in [2.24, 2.45) is 11.7 Å². The Kier molecular flexibility index (Phi) is 2.28. The van der Waals surface area contributed by atoms with Gasteiger partial charge in [0.25, 0.3) is 0 Å². The van der Waals surface area contributed by atoms with Crippen molar-refractivity contribution in [2.45, 2.75) is 44.7 Å². The van der Waals surface area contributed by atoms with E-state index in [0.717, 1.165) is 12.5 Å². The van der Waals surface area contributed by atoms with E-state index in [0.29, 0.717) is 12.5 Å². The first kappa shape index (κ1) is 9.00. The summed E-state index contributed by atoms with van der Waals surface area (Å²) < 4.78 is 0. The Labute approximate surface area is 79.3 Å². The molecule has 2 fully saturated rings. The lowest BCUT2D eigenvalue weighted by atomic mass is 10.2. The highest BCUT2D eigenvalue weighted by Crippen LogP contribution is 2.40. The Balaban J connectivity index is 1.86. The van der Waals surface area contributed by atoms with Crippen LogP contribution in [0.25, 0.3) is 0 Å². The Hall–Kier alpha value is -0.570. The molecule has 0 radical (unpaired) electrons. The second kappa shape index (κ2) is 3.29. The zero-order chi connectivity index (χ0) is 9.42. The summed E-state index contributed by atoms with van der Waals surface area (Å²) in [5, 5.41) is 0. The number of carbonyl (C=O) groups excluding carboxylic acids is 1. The fourth-order valence-corrected chi connectivity index (χ4v) is 2.38. The largest absolute Gasteiger partial charge is 0.338 e. The first-order chi connectivity index (χ1) is 6.22. The molecule has 1 saturated carbocycles. The molecule has 3 heteroatoms. The van der Waals surface area contributed by atoms with Gasteiger partial charge in [-0.15, -0.1) is 0 Å². The van der Waals surface area contributed by atoms with E-state index in [-0.39, 0.29) is 11.9 Å². The van der Waals surface area contributed by atoms with E-state index >= 15 is 0 Å². The maximum absolute atomic E-state index is 11.5. The summed E-state index contributed by atoms with van der Waals surface area (Å²) in [6.45, 7) is 3.00. The number of nitrogens with zero attached hydrogens (tertiary/aromatic N) is 1. The molecule has 0 spiro atoms. The van der Waals surface area contributed by atoms with E-state index in [1.165, 1.54) is 19.3 Å². The third-order valence-electron chi connectivity index (χ3n) is 3.13. The van der Waals surface area contributed by atoms with Crippen molar-refractivity contribution in [3.05, 3.63) is 0 Å². The lowest BCUT2D eigenvalue weighted by Gasteiger charge is -2.15. The van der Waals surface area contributed by atoms with Crippen LogP contribution in [0.1, 0.15) is 32.6 Å². The molecule has 13 heavy (non-hydrogen) atoms. The normalized spacial score (nSPS) is 38.5. The molecule has 2 rings (SSSR count). The number of carbonyl (C=O) groups is 1. The van der Waals surface area contributed by atoms with Gasteiger partial charge in [0.1, 0.15) is 0 Å². The Morgan fingerprint density at radius 2 is 2.38 bits per heavy atom. The van der Waals surface area contributed by atoms with Crippen molar-refractivity contribution in [1.29, 1.82) is 0 Å². The molecule has 1 amide bonds. The van der Waals surface area contributed by atoms with Crippen LogP contribution in [0.4, 0.5) is 0 Å². The third-order valence-corrected chi connectivity index (χ3v) is 3.13. The summed E-state index contributed by atoms with van der Waals surface area (Å²) in [4.78, 5) is 13.5. The molecule has 0 aromatic heterocycles. The molecule has 0 bridgehead atoms. The van der Waals surface area contributed by atoms with Gasteiger partial charge in [-0.05, 0) is 18.8 Å². The molecule has 3 atom stereocenters. The predicted octanol–water partition coefficient (Wildman–Crippen LogP) is 0.735. The number of likely N-dealkylation sites (tertiary alicyclic amines) is 1. The van der Waals surface area contributed by atoms with E-state index < -0.39 is 0 Å². The van der Waals surface area contributed by atoms with E-state index in [1.807, 2.05) is 4.90 Å². The summed E-state index contributed by atoms with van der Waals surface area (Å²) >= 11 is 0. The average molecular weight is 182 g/mol. The van der Waals surface area contributed by atoms with Gasteiger partial charge in [0.15, 0.2) is 0 Å². The summed E-state index contributed by atoms with van der Waals surface area (Å²) in [5.74, 6) is 1.05. The minimum Gasteiger partial charge on any atom is -0.338 e. The highest BCUT2D eigenvalue weighted by atomic mass is 16.2. The van der Waals surface area contributed by atoms with Crippen molar-refractivity contribution < 1.29 is 4.79 Å². The number of hydrogen-bond acceptors (Lipinski definition) is 2. The van der Waals surface area contributed by atoms with Crippen LogP contribution in [0.3, 0.4) is 0 Å². The molecule has 1 aliphatic heterocycles. The van der Waals surface area contributed by atoms with Crippen LogP contribution >= 0.6 is 0 Å². The van der Waals surface area contributed by atoms with Gasteiger partial charge in [0, 0.05) is 25.0 Å². The fraction of sp³-hybridized carbons (Fsp3) is 0.900. The maximum Gasteiger partial charge on any atom is 0.224 e. The monoisotopic (exact) mass is 182 g/mol. The number of rotatable bonds is 3. The van der Waals surface area contributed by atoms with Crippen LogP contribution in [0.2, 0.25) is 0 Å². The standard InChI is InChI=1S/C10H18N2O/c1-2-3-7-4-9(7)12-6-8(11)5-10(12)13/h7-9H,2-6,11H2,1H3. The lowest BCUT2D eigenvalue weighted by Crippen LogP contribution is -2.31. The van der Waals surface area contributed by atoms with Gasteiger partial charge in [-0.2, -0.15) is 0 Å². The summed E-state index contributed by atoms with van der Waals surface area (Å²) in [6.07, 6.45) is 4.28. The predicted molar refractivity (Wildman–Crippen MR) is 51.1 cm³/mol. The van der Waals surface area contributed by atoms with E-state index in [9.17, 15) is 4.79 Å². The highest BCUT2D eigenvalue weighted by molar-refractivity contribution is 5.80. The van der Waals surface area contributed by atoms with E-state index in [2.05, 4.69) is 6.92 Å². The molecule has 2 aliphatic rings. The highest BCUT2D eigenvalue weighted by Gasteiger charge is 2.45. The second-order valence-electron chi connectivity index (χ2n) is 4.36. The first-order valence-electron chi connectivity index (χ1n) is 5.27. The van der Waals surface area contributed by atoms with Gasteiger partial charge in [0.2, 0.25) is 5.91 Å². The summed E-state index contributed by atoms with van der Waals surface area (Å²) in [5.41, 5.74) is 5.74. The fourth-order valence-electron chi connectivity index (χ4n) is 2.38. The molecule has 0 aromatic rings. The van der Waals surface area contributed by atoms with Crippen LogP contribution < -0.4 is 5.73 Å². The van der Waals surface area contributed by atoms with E-state index in [4.69, 9.17) is 5.73 Å². The zero-order valence-electron chi connectivity index (χ0n) is 8.20. The van der Waals surface area contributed by atoms with Crippen LogP contribution in [0.15, 0.2) is 0 Å². The van der Waals surface area contributed by atoms with Crippen molar-refractivity contribution in [3.8, 4) is 0 Å². The SMILES string of the molecule is CCCC1CC1N1CC(N)CC1=O. The Bertz CT molecular complexity index is 217. The van der Waals surface area contributed by atoms with Crippen molar-refractivity contribution in [1.82, 2.24) is 4.90 Å². The van der Waals surface area contributed by atoms with Crippen LogP contribution in [-0.4, -0.2) is 29.4 Å². The minimum absolute atomic E-state index is 0.0929. The number of amides is 1. The van der Waals surface area contributed by atoms with Crippen LogP contribution in [-0.2, 0) is 4.79 Å². The average Bonchev–Trinajstić information content (AvgIpc) is 2.73. The van der Waals surface area contributed by atoms with Crippen LogP contribution in [0.5, 0.6) is 0 Å². The minimum atomic E-state index is 0.0929. The van der Waals surface area contributed by atoms with Gasteiger partial charge < -0.3 is 10.6 Å². The van der Waals surface area contributed by atoms with Gasteiger partial charge in [-0.1, -0.05) is 13.3 Å². The molecule has 74 valence electrons. The van der Waals surface area contributed by atoms with E-state index in [1.54, 1.807) is 0 Å². The quantitative estimate of drug-likeness (QED) is 0.699. The Morgan fingerprint density at radius 3 is 2.92 bits per heavy atom. The van der Waals surface area contributed by atoms with Crippen molar-refractivity contribution >= 4 is 5.91 Å². The van der Waals surface area contributed by atoms with Gasteiger partial charge >= 0.3 is 0 Å². The first-order valence-corrected chi connectivity index (χ1v) is 5.27.